The van der Waals surface area contributed by atoms with Gasteiger partial charge in [0.1, 0.15) is 0 Å². The van der Waals surface area contributed by atoms with Crippen LogP contribution in [0.1, 0.15) is 45.1 Å². The van der Waals surface area contributed by atoms with Crippen LogP contribution in [0.3, 0.4) is 0 Å². The van der Waals surface area contributed by atoms with Gasteiger partial charge in [-0.1, -0.05) is 44.2 Å². The predicted octanol–water partition coefficient (Wildman–Crippen LogP) is 3.43. The third-order valence-electron chi connectivity index (χ3n) is 5.41. The molecule has 2 fully saturated rings. The maximum absolute atomic E-state index is 3.88. The normalized spacial score (nSPS) is 26.6. The van der Waals surface area contributed by atoms with Gasteiger partial charge in [-0.25, -0.2) is 0 Å². The van der Waals surface area contributed by atoms with Crippen LogP contribution in [0, 0.1) is 5.92 Å². The molecule has 1 heterocycles. The average Bonchev–Trinajstić information content (AvgIpc) is 3.33. The molecule has 2 nitrogen and oxygen atoms in total. The van der Waals surface area contributed by atoms with Crippen molar-refractivity contribution in [2.45, 2.75) is 57.7 Å². The number of hydrogen-bond acceptors (Lipinski definition) is 2. The molecule has 3 rings (SSSR count). The molecule has 1 saturated heterocycles. The van der Waals surface area contributed by atoms with Crippen LogP contribution in [0.5, 0.6) is 0 Å². The predicted molar refractivity (Wildman–Crippen MR) is 84.7 cm³/mol. The van der Waals surface area contributed by atoms with E-state index in [4.69, 9.17) is 0 Å². The Bertz CT molecular complexity index is 420. The largest absolute Gasteiger partial charge is 0.308 e. The lowest BCUT2D eigenvalue weighted by molar-refractivity contribution is 0.0557. The Hall–Kier alpha value is -0.860. The summed E-state index contributed by atoms with van der Waals surface area (Å²) in [5.74, 6) is 0.943. The molecule has 110 valence electrons. The molecule has 0 aromatic heterocycles. The maximum atomic E-state index is 3.88. The third-order valence-corrected chi connectivity index (χ3v) is 5.41. The molecule has 20 heavy (non-hydrogen) atoms. The minimum absolute atomic E-state index is 0.334. The van der Waals surface area contributed by atoms with Crippen molar-refractivity contribution in [1.82, 2.24) is 10.2 Å². The second-order valence-corrected chi connectivity index (χ2v) is 6.66. The Kier molecular flexibility index (Phi) is 4.13. The lowest BCUT2D eigenvalue weighted by atomic mass is 9.87. The van der Waals surface area contributed by atoms with E-state index in [2.05, 4.69) is 54.4 Å². The van der Waals surface area contributed by atoms with Gasteiger partial charge in [0.25, 0.3) is 0 Å². The quantitative estimate of drug-likeness (QED) is 0.883. The fourth-order valence-corrected chi connectivity index (χ4v) is 3.67. The first-order chi connectivity index (χ1) is 9.76. The van der Waals surface area contributed by atoms with Gasteiger partial charge in [-0.2, -0.15) is 0 Å². The Labute approximate surface area is 123 Å². The zero-order chi connectivity index (χ0) is 14.0. The molecule has 0 radical (unpaired) electrons. The number of nitrogens with zero attached hydrogens (tertiary/aromatic N) is 1. The summed E-state index contributed by atoms with van der Waals surface area (Å²) in [6.07, 6.45) is 5.32. The van der Waals surface area contributed by atoms with Gasteiger partial charge in [-0.05, 0) is 37.2 Å². The van der Waals surface area contributed by atoms with Crippen LogP contribution >= 0.6 is 0 Å². The summed E-state index contributed by atoms with van der Waals surface area (Å²) in [5, 5.41) is 3.88. The zero-order valence-corrected chi connectivity index (χ0v) is 12.9. The molecule has 0 bridgehead atoms. The summed E-state index contributed by atoms with van der Waals surface area (Å²) in [6, 6.07) is 11.7. The highest BCUT2D eigenvalue weighted by atomic mass is 15.3. The minimum Gasteiger partial charge on any atom is -0.308 e. The fourth-order valence-electron chi connectivity index (χ4n) is 3.67. The summed E-state index contributed by atoms with van der Waals surface area (Å²) in [4.78, 5) is 2.76. The standard InChI is InChI=1S/C18H28N2/c1-3-18(4-2)14-20(13-15-8-6-5-7-9-15)17(12-19-18)16-10-11-16/h5-9,16-17,19H,3-4,10-14H2,1-2H3. The van der Waals surface area contributed by atoms with Crippen molar-refractivity contribution in [2.75, 3.05) is 13.1 Å². The molecule has 1 aromatic carbocycles. The molecular weight excluding hydrogens is 244 g/mol. The summed E-state index contributed by atoms with van der Waals surface area (Å²) in [7, 11) is 0. The second kappa shape index (κ2) is 5.87. The van der Waals surface area contributed by atoms with Crippen LogP contribution in [0.4, 0.5) is 0 Å². The SMILES string of the molecule is CCC1(CC)CN(Cc2ccccc2)C(C2CC2)CN1. The first-order valence-corrected chi connectivity index (χ1v) is 8.29. The van der Waals surface area contributed by atoms with Gasteiger partial charge in [-0.3, -0.25) is 4.90 Å². The Morgan fingerprint density at radius 3 is 2.45 bits per heavy atom. The van der Waals surface area contributed by atoms with Gasteiger partial charge in [-0.15, -0.1) is 0 Å². The average molecular weight is 272 g/mol. The van der Waals surface area contributed by atoms with Gasteiger partial charge in [0.2, 0.25) is 0 Å². The smallest absolute Gasteiger partial charge is 0.0304 e. The first-order valence-electron chi connectivity index (χ1n) is 8.29. The highest BCUT2D eigenvalue weighted by Gasteiger charge is 2.42. The Morgan fingerprint density at radius 2 is 1.85 bits per heavy atom. The van der Waals surface area contributed by atoms with Crippen molar-refractivity contribution >= 4 is 0 Å². The summed E-state index contributed by atoms with van der Waals surface area (Å²) in [6.45, 7) is 8.16. The van der Waals surface area contributed by atoms with E-state index in [0.717, 1.165) is 18.5 Å². The van der Waals surface area contributed by atoms with Crippen LogP contribution < -0.4 is 5.32 Å². The monoisotopic (exact) mass is 272 g/mol. The van der Waals surface area contributed by atoms with Gasteiger partial charge < -0.3 is 5.32 Å². The van der Waals surface area contributed by atoms with Crippen LogP contribution in [-0.2, 0) is 6.54 Å². The lowest BCUT2D eigenvalue weighted by Gasteiger charge is -2.48. The van der Waals surface area contributed by atoms with E-state index in [1.54, 1.807) is 0 Å². The van der Waals surface area contributed by atoms with E-state index in [1.165, 1.54) is 44.3 Å². The summed E-state index contributed by atoms with van der Waals surface area (Å²) >= 11 is 0. The zero-order valence-electron chi connectivity index (χ0n) is 12.9. The molecule has 1 unspecified atom stereocenters. The van der Waals surface area contributed by atoms with Crippen molar-refractivity contribution in [2.24, 2.45) is 5.92 Å². The number of rotatable bonds is 5. The highest BCUT2D eigenvalue weighted by Crippen LogP contribution is 2.38. The minimum atomic E-state index is 0.334. The van der Waals surface area contributed by atoms with E-state index >= 15 is 0 Å². The topological polar surface area (TPSA) is 15.3 Å². The van der Waals surface area contributed by atoms with Crippen molar-refractivity contribution in [3.05, 3.63) is 35.9 Å². The van der Waals surface area contributed by atoms with E-state index in [-0.39, 0.29) is 0 Å². The fraction of sp³-hybridized carbons (Fsp3) is 0.667. The molecule has 1 aliphatic carbocycles. The van der Waals surface area contributed by atoms with Crippen molar-refractivity contribution in [3.8, 4) is 0 Å². The van der Waals surface area contributed by atoms with E-state index in [9.17, 15) is 0 Å². The summed E-state index contributed by atoms with van der Waals surface area (Å²) in [5.41, 5.74) is 1.79. The molecule has 1 N–H and O–H groups in total. The lowest BCUT2D eigenvalue weighted by Crippen LogP contribution is -2.64. The number of nitrogens with one attached hydrogen (secondary N) is 1. The number of piperazine rings is 1. The molecular formula is C18H28N2. The maximum Gasteiger partial charge on any atom is 0.0304 e. The Balaban J connectivity index is 1.75. The Morgan fingerprint density at radius 1 is 1.15 bits per heavy atom. The molecule has 2 aliphatic rings. The van der Waals surface area contributed by atoms with Crippen molar-refractivity contribution in [1.29, 1.82) is 0 Å². The van der Waals surface area contributed by atoms with Crippen LogP contribution in [0.2, 0.25) is 0 Å². The molecule has 1 aromatic rings. The number of benzene rings is 1. The van der Waals surface area contributed by atoms with E-state index in [1.807, 2.05) is 0 Å². The van der Waals surface area contributed by atoms with Gasteiger partial charge in [0, 0.05) is 31.2 Å². The molecule has 1 saturated carbocycles. The molecule has 0 amide bonds. The van der Waals surface area contributed by atoms with Crippen molar-refractivity contribution in [3.63, 3.8) is 0 Å². The molecule has 1 aliphatic heterocycles. The molecule has 2 heteroatoms. The van der Waals surface area contributed by atoms with E-state index < -0.39 is 0 Å². The van der Waals surface area contributed by atoms with Crippen LogP contribution in [0.15, 0.2) is 30.3 Å². The van der Waals surface area contributed by atoms with E-state index in [0.29, 0.717) is 5.54 Å². The molecule has 0 spiro atoms. The van der Waals surface area contributed by atoms with Gasteiger partial charge in [0.05, 0.1) is 0 Å². The first kappa shape index (κ1) is 14.1. The van der Waals surface area contributed by atoms with Crippen LogP contribution in [0.25, 0.3) is 0 Å². The highest BCUT2D eigenvalue weighted by molar-refractivity contribution is 5.15. The summed E-state index contributed by atoms with van der Waals surface area (Å²) < 4.78 is 0. The van der Waals surface area contributed by atoms with Crippen LogP contribution in [-0.4, -0.2) is 29.6 Å². The second-order valence-electron chi connectivity index (χ2n) is 6.66. The van der Waals surface area contributed by atoms with Crippen molar-refractivity contribution < 1.29 is 0 Å². The van der Waals surface area contributed by atoms with Gasteiger partial charge in [0.15, 0.2) is 0 Å². The van der Waals surface area contributed by atoms with Gasteiger partial charge >= 0.3 is 0 Å². The number of hydrogen-bond donors (Lipinski definition) is 1. The third kappa shape index (κ3) is 2.91. The molecule has 1 atom stereocenters.